The lowest BCUT2D eigenvalue weighted by Crippen LogP contribution is -2.44. The van der Waals surface area contributed by atoms with E-state index in [0.717, 1.165) is 12.0 Å². The molecule has 2 unspecified atom stereocenters. The Bertz CT molecular complexity index is 298. The van der Waals surface area contributed by atoms with Gasteiger partial charge in [0, 0.05) is 30.7 Å². The van der Waals surface area contributed by atoms with Crippen LogP contribution in [0.4, 0.5) is 5.13 Å². The maximum Gasteiger partial charge on any atom is 0.185 e. The molecule has 1 aromatic heterocycles. The molecular formula is C10H15N3S. The van der Waals surface area contributed by atoms with Gasteiger partial charge in [0.2, 0.25) is 0 Å². The lowest BCUT2D eigenvalue weighted by Gasteiger charge is -2.34. The summed E-state index contributed by atoms with van der Waals surface area (Å²) >= 11 is 1.76. The van der Waals surface area contributed by atoms with Crippen LogP contribution in [0.2, 0.25) is 0 Å². The number of piperidine rings is 1. The summed E-state index contributed by atoms with van der Waals surface area (Å²) in [6.07, 6.45) is 4.52. The minimum absolute atomic E-state index is 0.784. The summed E-state index contributed by atoms with van der Waals surface area (Å²) in [6, 6.07) is 0.784. The molecule has 1 aromatic rings. The van der Waals surface area contributed by atoms with Crippen LogP contribution in [0.15, 0.2) is 11.6 Å². The molecule has 0 spiro atoms. The van der Waals surface area contributed by atoms with E-state index in [-0.39, 0.29) is 0 Å². The molecule has 2 saturated heterocycles. The normalized spacial score (nSPS) is 31.9. The Balaban J connectivity index is 1.73. The topological polar surface area (TPSA) is 28.2 Å². The molecule has 0 aromatic carbocycles. The molecule has 1 N–H and O–H groups in total. The number of anilines is 1. The Labute approximate surface area is 88.1 Å². The average Bonchev–Trinajstić information content (AvgIpc) is 2.88. The Hall–Kier alpha value is -0.610. The molecule has 2 aliphatic rings. The number of aromatic nitrogens is 1. The van der Waals surface area contributed by atoms with E-state index in [1.54, 1.807) is 11.3 Å². The summed E-state index contributed by atoms with van der Waals surface area (Å²) in [5.41, 5.74) is 0. The van der Waals surface area contributed by atoms with Gasteiger partial charge in [0.05, 0.1) is 0 Å². The van der Waals surface area contributed by atoms with Crippen molar-refractivity contribution in [3.05, 3.63) is 11.6 Å². The SMILES string of the molecule is c1csc(N2CCC3NCCC3C2)n1. The summed E-state index contributed by atoms with van der Waals surface area (Å²) < 4.78 is 0. The zero-order chi connectivity index (χ0) is 9.38. The van der Waals surface area contributed by atoms with Crippen LogP contribution in [0.5, 0.6) is 0 Å². The Morgan fingerprint density at radius 2 is 2.50 bits per heavy atom. The lowest BCUT2D eigenvalue weighted by molar-refractivity contribution is 0.376. The number of thiazole rings is 1. The van der Waals surface area contributed by atoms with Gasteiger partial charge in [-0.2, -0.15) is 0 Å². The molecule has 2 fully saturated rings. The summed E-state index contributed by atoms with van der Waals surface area (Å²) in [4.78, 5) is 6.82. The zero-order valence-electron chi connectivity index (χ0n) is 8.15. The Morgan fingerprint density at radius 3 is 3.36 bits per heavy atom. The average molecular weight is 209 g/mol. The quantitative estimate of drug-likeness (QED) is 0.756. The van der Waals surface area contributed by atoms with Crippen molar-refractivity contribution in [1.82, 2.24) is 10.3 Å². The van der Waals surface area contributed by atoms with Gasteiger partial charge in [-0.3, -0.25) is 0 Å². The van der Waals surface area contributed by atoms with Crippen molar-refractivity contribution in [3.63, 3.8) is 0 Å². The van der Waals surface area contributed by atoms with Gasteiger partial charge in [-0.1, -0.05) is 0 Å². The van der Waals surface area contributed by atoms with Crippen molar-refractivity contribution in [2.75, 3.05) is 24.5 Å². The Kier molecular flexibility index (Phi) is 2.18. The van der Waals surface area contributed by atoms with Gasteiger partial charge >= 0.3 is 0 Å². The highest BCUT2D eigenvalue weighted by atomic mass is 32.1. The first kappa shape index (κ1) is 8.68. The maximum absolute atomic E-state index is 4.38. The number of nitrogens with zero attached hydrogens (tertiary/aromatic N) is 2. The smallest absolute Gasteiger partial charge is 0.185 e. The van der Waals surface area contributed by atoms with Gasteiger partial charge in [-0.05, 0) is 25.3 Å². The van der Waals surface area contributed by atoms with E-state index in [1.807, 2.05) is 6.20 Å². The second kappa shape index (κ2) is 3.51. The van der Waals surface area contributed by atoms with E-state index in [4.69, 9.17) is 0 Å². The molecule has 76 valence electrons. The van der Waals surface area contributed by atoms with Crippen LogP contribution in [-0.2, 0) is 0 Å². The molecule has 3 heterocycles. The highest BCUT2D eigenvalue weighted by Crippen LogP contribution is 2.28. The third kappa shape index (κ3) is 1.42. The van der Waals surface area contributed by atoms with Crippen LogP contribution < -0.4 is 10.2 Å². The molecule has 0 radical (unpaired) electrons. The first-order valence-corrected chi connectivity index (χ1v) is 6.19. The van der Waals surface area contributed by atoms with E-state index in [9.17, 15) is 0 Å². The van der Waals surface area contributed by atoms with Crippen LogP contribution in [0.3, 0.4) is 0 Å². The number of fused-ring (bicyclic) bond motifs is 1. The number of hydrogen-bond donors (Lipinski definition) is 1. The molecule has 4 heteroatoms. The monoisotopic (exact) mass is 209 g/mol. The molecule has 3 nitrogen and oxygen atoms in total. The van der Waals surface area contributed by atoms with E-state index in [0.29, 0.717) is 0 Å². The first-order chi connectivity index (χ1) is 6.93. The van der Waals surface area contributed by atoms with Crippen molar-refractivity contribution in [2.45, 2.75) is 18.9 Å². The van der Waals surface area contributed by atoms with Crippen LogP contribution in [0.1, 0.15) is 12.8 Å². The first-order valence-electron chi connectivity index (χ1n) is 5.31. The molecule has 0 amide bonds. The summed E-state index contributed by atoms with van der Waals surface area (Å²) in [7, 11) is 0. The van der Waals surface area contributed by atoms with Gasteiger partial charge in [-0.25, -0.2) is 4.98 Å². The lowest BCUT2D eigenvalue weighted by atomic mass is 9.94. The summed E-state index contributed by atoms with van der Waals surface area (Å²) in [6.45, 7) is 3.58. The van der Waals surface area contributed by atoms with Gasteiger partial charge < -0.3 is 10.2 Å². The van der Waals surface area contributed by atoms with Crippen LogP contribution in [-0.4, -0.2) is 30.7 Å². The summed E-state index contributed by atoms with van der Waals surface area (Å²) in [5.74, 6) is 0.854. The molecule has 14 heavy (non-hydrogen) atoms. The highest BCUT2D eigenvalue weighted by Gasteiger charge is 2.33. The van der Waals surface area contributed by atoms with Gasteiger partial charge in [-0.15, -0.1) is 11.3 Å². The molecule has 0 aliphatic carbocycles. The molecule has 0 bridgehead atoms. The van der Waals surface area contributed by atoms with E-state index >= 15 is 0 Å². The van der Waals surface area contributed by atoms with Crippen molar-refractivity contribution in [3.8, 4) is 0 Å². The predicted octanol–water partition coefficient (Wildman–Crippen LogP) is 1.33. The Morgan fingerprint density at radius 1 is 1.50 bits per heavy atom. The molecule has 3 rings (SSSR count). The highest BCUT2D eigenvalue weighted by molar-refractivity contribution is 7.13. The predicted molar refractivity (Wildman–Crippen MR) is 58.8 cm³/mol. The number of rotatable bonds is 1. The minimum Gasteiger partial charge on any atom is -0.348 e. The largest absolute Gasteiger partial charge is 0.348 e. The van der Waals surface area contributed by atoms with Crippen molar-refractivity contribution in [1.29, 1.82) is 0 Å². The number of hydrogen-bond acceptors (Lipinski definition) is 4. The second-order valence-corrected chi connectivity index (χ2v) is 5.03. The molecule has 0 saturated carbocycles. The van der Waals surface area contributed by atoms with Crippen molar-refractivity contribution < 1.29 is 0 Å². The molecule has 2 atom stereocenters. The fourth-order valence-electron chi connectivity index (χ4n) is 2.59. The van der Waals surface area contributed by atoms with Crippen molar-refractivity contribution >= 4 is 16.5 Å². The molecule has 2 aliphatic heterocycles. The van der Waals surface area contributed by atoms with Crippen LogP contribution in [0, 0.1) is 5.92 Å². The van der Waals surface area contributed by atoms with Crippen LogP contribution in [0.25, 0.3) is 0 Å². The minimum atomic E-state index is 0.784. The van der Waals surface area contributed by atoms with E-state index < -0.39 is 0 Å². The van der Waals surface area contributed by atoms with Gasteiger partial charge in [0.25, 0.3) is 0 Å². The standard InChI is InChI=1S/C10H15N3S/c1-3-11-9-2-5-13(7-8(1)9)10-12-4-6-14-10/h4,6,8-9,11H,1-3,5,7H2. The fourth-order valence-corrected chi connectivity index (χ4v) is 3.27. The summed E-state index contributed by atoms with van der Waals surface area (Å²) in [5, 5.41) is 6.85. The maximum atomic E-state index is 4.38. The van der Waals surface area contributed by atoms with E-state index in [2.05, 4.69) is 20.6 Å². The van der Waals surface area contributed by atoms with Crippen LogP contribution >= 0.6 is 11.3 Å². The van der Waals surface area contributed by atoms with Gasteiger partial charge in [0.15, 0.2) is 5.13 Å². The molecular weight excluding hydrogens is 194 g/mol. The van der Waals surface area contributed by atoms with Gasteiger partial charge in [0.1, 0.15) is 0 Å². The fraction of sp³-hybridized carbons (Fsp3) is 0.700. The third-order valence-corrected chi connectivity index (χ3v) is 4.18. The van der Waals surface area contributed by atoms with Crippen molar-refractivity contribution in [2.24, 2.45) is 5.92 Å². The zero-order valence-corrected chi connectivity index (χ0v) is 8.96. The van der Waals surface area contributed by atoms with E-state index in [1.165, 1.54) is 37.6 Å². The number of nitrogens with one attached hydrogen (secondary N) is 1. The second-order valence-electron chi connectivity index (χ2n) is 4.16. The third-order valence-electron chi connectivity index (χ3n) is 3.35.